The van der Waals surface area contributed by atoms with Gasteiger partial charge in [-0.25, -0.2) is 4.39 Å². The molecule has 0 aliphatic carbocycles. The predicted octanol–water partition coefficient (Wildman–Crippen LogP) is 3.28. The number of carbonyl (C=O) groups is 1. The van der Waals surface area contributed by atoms with Gasteiger partial charge in [-0.3, -0.25) is 10.6 Å². The minimum Gasteiger partial charge on any atom is -0.345 e. The van der Waals surface area contributed by atoms with Crippen LogP contribution in [0, 0.1) is 19.7 Å². The van der Waals surface area contributed by atoms with E-state index in [4.69, 9.17) is 5.84 Å². The summed E-state index contributed by atoms with van der Waals surface area (Å²) in [7, 11) is 0. The monoisotopic (exact) mass is 307 g/mol. The molecule has 0 saturated carbocycles. The molecule has 0 spiro atoms. The summed E-state index contributed by atoms with van der Waals surface area (Å²) in [6.07, 6.45) is 0. The fraction of sp³-hybridized carbons (Fsp3) is 0.267. The Bertz CT molecular complexity index is 669. The third-order valence-electron chi connectivity index (χ3n) is 3.30. The van der Waals surface area contributed by atoms with E-state index < -0.39 is 5.82 Å². The Morgan fingerprint density at radius 3 is 2.67 bits per heavy atom. The van der Waals surface area contributed by atoms with E-state index in [-0.39, 0.29) is 23.2 Å². The first-order valence-corrected chi connectivity index (χ1v) is 7.38. The second-order valence-electron chi connectivity index (χ2n) is 4.87. The van der Waals surface area contributed by atoms with Gasteiger partial charge in [-0.1, -0.05) is 6.07 Å². The van der Waals surface area contributed by atoms with E-state index in [0.717, 1.165) is 10.4 Å². The summed E-state index contributed by atoms with van der Waals surface area (Å²) in [6, 6.07) is 6.17. The molecule has 1 aromatic heterocycles. The molecule has 1 aromatic carbocycles. The summed E-state index contributed by atoms with van der Waals surface area (Å²) in [4.78, 5) is 14.7. The molecule has 4 nitrogen and oxygen atoms in total. The van der Waals surface area contributed by atoms with Crippen molar-refractivity contribution in [1.82, 2.24) is 5.32 Å². The van der Waals surface area contributed by atoms with E-state index in [1.54, 1.807) is 11.3 Å². The highest BCUT2D eigenvalue weighted by Crippen LogP contribution is 2.27. The maximum atomic E-state index is 13.6. The zero-order valence-corrected chi connectivity index (χ0v) is 13.0. The highest BCUT2D eigenvalue weighted by molar-refractivity contribution is 7.12. The van der Waals surface area contributed by atoms with Crippen molar-refractivity contribution in [1.29, 1.82) is 0 Å². The Balaban J connectivity index is 2.22. The van der Waals surface area contributed by atoms with Crippen molar-refractivity contribution in [3.8, 4) is 0 Å². The summed E-state index contributed by atoms with van der Waals surface area (Å²) >= 11 is 1.69. The maximum absolute atomic E-state index is 13.6. The Kier molecular flexibility index (Phi) is 4.59. The molecule has 0 bridgehead atoms. The molecule has 1 amide bonds. The van der Waals surface area contributed by atoms with E-state index in [2.05, 4.69) is 16.8 Å². The number of hydrogen-bond donors (Lipinski definition) is 3. The number of rotatable bonds is 4. The number of thiophene rings is 1. The van der Waals surface area contributed by atoms with Gasteiger partial charge < -0.3 is 10.7 Å². The zero-order valence-electron chi connectivity index (χ0n) is 12.2. The first kappa shape index (κ1) is 15.5. The normalized spacial score (nSPS) is 12.0. The smallest absolute Gasteiger partial charge is 0.254 e. The molecule has 112 valence electrons. The Morgan fingerprint density at radius 1 is 1.38 bits per heavy atom. The van der Waals surface area contributed by atoms with Crippen LogP contribution in [0.5, 0.6) is 0 Å². The van der Waals surface area contributed by atoms with Crippen LogP contribution in [0.1, 0.15) is 38.6 Å². The number of benzene rings is 1. The van der Waals surface area contributed by atoms with Gasteiger partial charge in [0.05, 0.1) is 17.3 Å². The number of aryl methyl sites for hydroxylation is 2. The zero-order chi connectivity index (χ0) is 15.6. The standard InChI is InChI=1S/C15H18FN3OS/c1-8-7-12(10(3)21-8)9(2)18-15(20)11-5-4-6-13(16)14(11)19-17/h4-7,9,19H,17H2,1-3H3,(H,18,20). The molecule has 21 heavy (non-hydrogen) atoms. The average molecular weight is 307 g/mol. The molecule has 0 saturated heterocycles. The predicted molar refractivity (Wildman–Crippen MR) is 83.9 cm³/mol. The van der Waals surface area contributed by atoms with Gasteiger partial charge in [-0.15, -0.1) is 11.3 Å². The van der Waals surface area contributed by atoms with Crippen molar-refractivity contribution >= 4 is 22.9 Å². The van der Waals surface area contributed by atoms with Gasteiger partial charge in [0.25, 0.3) is 5.91 Å². The van der Waals surface area contributed by atoms with Gasteiger partial charge in [0, 0.05) is 9.75 Å². The minimum atomic E-state index is -0.555. The largest absolute Gasteiger partial charge is 0.345 e. The van der Waals surface area contributed by atoms with Crippen LogP contribution in [0.15, 0.2) is 24.3 Å². The quantitative estimate of drug-likeness (QED) is 0.600. The van der Waals surface area contributed by atoms with Crippen molar-refractivity contribution in [2.45, 2.75) is 26.8 Å². The lowest BCUT2D eigenvalue weighted by Gasteiger charge is -2.16. The van der Waals surface area contributed by atoms with Crippen LogP contribution in [0.2, 0.25) is 0 Å². The number of nitrogens with one attached hydrogen (secondary N) is 2. The fourth-order valence-electron chi connectivity index (χ4n) is 2.29. The molecular weight excluding hydrogens is 289 g/mol. The summed E-state index contributed by atoms with van der Waals surface area (Å²) in [5, 5.41) is 2.87. The minimum absolute atomic E-state index is 0.000390. The molecule has 1 unspecified atom stereocenters. The van der Waals surface area contributed by atoms with Gasteiger partial charge in [-0.05, 0) is 44.5 Å². The lowest BCUT2D eigenvalue weighted by molar-refractivity contribution is 0.0940. The highest BCUT2D eigenvalue weighted by Gasteiger charge is 2.18. The number of anilines is 1. The van der Waals surface area contributed by atoms with Crippen LogP contribution in [-0.2, 0) is 0 Å². The first-order valence-electron chi connectivity index (χ1n) is 6.57. The number of halogens is 1. The van der Waals surface area contributed by atoms with Gasteiger partial charge >= 0.3 is 0 Å². The molecule has 6 heteroatoms. The topological polar surface area (TPSA) is 67.2 Å². The van der Waals surface area contributed by atoms with E-state index in [9.17, 15) is 9.18 Å². The molecule has 0 radical (unpaired) electrons. The second-order valence-corrected chi connectivity index (χ2v) is 6.33. The van der Waals surface area contributed by atoms with Crippen LogP contribution >= 0.6 is 11.3 Å². The van der Waals surface area contributed by atoms with E-state index >= 15 is 0 Å². The number of nitrogen functional groups attached to an aromatic ring is 1. The molecule has 2 aromatic rings. The van der Waals surface area contributed by atoms with Crippen molar-refractivity contribution in [2.24, 2.45) is 5.84 Å². The molecule has 2 rings (SSSR count). The molecule has 1 heterocycles. The third kappa shape index (κ3) is 3.22. The lowest BCUT2D eigenvalue weighted by atomic mass is 10.1. The fourth-order valence-corrected chi connectivity index (χ4v) is 3.31. The molecule has 0 aliphatic heterocycles. The summed E-state index contributed by atoms with van der Waals surface area (Å²) < 4.78 is 13.6. The highest BCUT2D eigenvalue weighted by atomic mass is 32.1. The third-order valence-corrected chi connectivity index (χ3v) is 4.28. The SMILES string of the molecule is Cc1cc(C(C)NC(=O)c2cccc(F)c2NN)c(C)s1. The summed E-state index contributed by atoms with van der Waals surface area (Å²) in [5.74, 6) is 4.37. The maximum Gasteiger partial charge on any atom is 0.254 e. The van der Waals surface area contributed by atoms with Crippen molar-refractivity contribution in [3.05, 3.63) is 51.0 Å². The van der Waals surface area contributed by atoms with Gasteiger partial charge in [-0.2, -0.15) is 0 Å². The van der Waals surface area contributed by atoms with E-state index in [1.165, 1.54) is 23.1 Å². The van der Waals surface area contributed by atoms with Crippen LogP contribution in [-0.4, -0.2) is 5.91 Å². The number of carbonyl (C=O) groups excluding carboxylic acids is 1. The van der Waals surface area contributed by atoms with E-state index in [0.29, 0.717) is 0 Å². The van der Waals surface area contributed by atoms with Crippen molar-refractivity contribution in [2.75, 3.05) is 5.43 Å². The molecule has 4 N–H and O–H groups in total. The molecule has 0 aliphatic rings. The van der Waals surface area contributed by atoms with Crippen molar-refractivity contribution in [3.63, 3.8) is 0 Å². The molecule has 0 fully saturated rings. The van der Waals surface area contributed by atoms with Gasteiger partial charge in [0.2, 0.25) is 0 Å². The van der Waals surface area contributed by atoms with Crippen LogP contribution in [0.4, 0.5) is 10.1 Å². The number of para-hydroxylation sites is 1. The Labute approximate surface area is 127 Å². The van der Waals surface area contributed by atoms with Gasteiger partial charge in [0.15, 0.2) is 0 Å². The Hall–Kier alpha value is -1.92. The van der Waals surface area contributed by atoms with Crippen LogP contribution < -0.4 is 16.6 Å². The second kappa shape index (κ2) is 6.24. The van der Waals surface area contributed by atoms with Crippen LogP contribution in [0.25, 0.3) is 0 Å². The van der Waals surface area contributed by atoms with Crippen molar-refractivity contribution < 1.29 is 9.18 Å². The summed E-state index contributed by atoms with van der Waals surface area (Å²) in [5.41, 5.74) is 3.50. The van der Waals surface area contributed by atoms with Gasteiger partial charge in [0.1, 0.15) is 5.82 Å². The lowest BCUT2D eigenvalue weighted by Crippen LogP contribution is -2.28. The number of amides is 1. The molecule has 1 atom stereocenters. The average Bonchev–Trinajstić information content (AvgIpc) is 2.77. The van der Waals surface area contributed by atoms with Crippen LogP contribution in [0.3, 0.4) is 0 Å². The van der Waals surface area contributed by atoms with E-state index in [1.807, 2.05) is 20.8 Å². The molecular formula is C15H18FN3OS. The Morgan fingerprint density at radius 2 is 2.10 bits per heavy atom. The number of nitrogens with two attached hydrogens (primary N) is 1. The number of hydrogen-bond acceptors (Lipinski definition) is 4. The first-order chi connectivity index (χ1) is 9.93. The number of hydrazine groups is 1. The summed E-state index contributed by atoms with van der Waals surface area (Å²) in [6.45, 7) is 5.95.